The summed E-state index contributed by atoms with van der Waals surface area (Å²) in [4.78, 5) is 15.5. The number of carbonyl (C=O) groups excluding carboxylic acids is 1. The first kappa shape index (κ1) is 35.3. The smallest absolute Gasteiger partial charge is 0.339 e. The van der Waals surface area contributed by atoms with E-state index in [-0.39, 0.29) is 16.6 Å². The molecule has 252 valence electrons. The van der Waals surface area contributed by atoms with Crippen LogP contribution in [0.3, 0.4) is 0 Å². The quantitative estimate of drug-likeness (QED) is 0.141. The molecular weight excluding hydrogens is 633 g/mol. The van der Waals surface area contributed by atoms with Crippen LogP contribution in [0.15, 0.2) is 42.5 Å². The van der Waals surface area contributed by atoms with E-state index < -0.39 is 14.3 Å². The van der Waals surface area contributed by atoms with Gasteiger partial charge >= 0.3 is 5.97 Å². The van der Waals surface area contributed by atoms with E-state index in [4.69, 9.17) is 37.1 Å². The lowest BCUT2D eigenvalue weighted by Crippen LogP contribution is -2.52. The molecule has 1 aliphatic heterocycles. The van der Waals surface area contributed by atoms with Crippen LogP contribution in [0, 0.1) is 11.8 Å². The molecule has 0 amide bonds. The number of hydrogen-bond donors (Lipinski definition) is 0. The van der Waals surface area contributed by atoms with Crippen molar-refractivity contribution >= 4 is 43.2 Å². The number of hydrogen-bond acceptors (Lipinski definition) is 5. The molecule has 46 heavy (non-hydrogen) atoms. The van der Waals surface area contributed by atoms with Crippen LogP contribution in [0.1, 0.15) is 94.6 Å². The highest BCUT2D eigenvalue weighted by Gasteiger charge is 2.46. The van der Waals surface area contributed by atoms with Crippen LogP contribution in [0.25, 0.3) is 0 Å². The van der Waals surface area contributed by atoms with Crippen LogP contribution in [0.2, 0.25) is 28.2 Å². The van der Waals surface area contributed by atoms with Crippen LogP contribution in [-0.4, -0.2) is 46.7 Å². The Morgan fingerprint density at radius 1 is 1.17 bits per heavy atom. The molecule has 2 aliphatic carbocycles. The molecule has 5 rings (SSSR count). The molecule has 0 radical (unpaired) electrons. The Bertz CT molecular complexity index is 1440. The van der Waals surface area contributed by atoms with Crippen molar-refractivity contribution in [2.75, 3.05) is 31.2 Å². The van der Waals surface area contributed by atoms with Gasteiger partial charge in [0.2, 0.25) is 0 Å². The Hall–Kier alpha value is -1.99. The van der Waals surface area contributed by atoms with Crippen molar-refractivity contribution in [1.82, 2.24) is 0 Å². The SMILES string of the molecule is CCC/C=C/[C@H](O[Si](C)(C)C(C)(C)C)[C@@H]1CC[C@H]1CN1C[C@@]2(CCCc3cc(Cl)ccc32)COc2cc(Cl)c(C(=O)OCC)cc21. The number of anilines is 1. The Balaban J connectivity index is 1.52. The monoisotopic (exact) mass is 685 g/mol. The van der Waals surface area contributed by atoms with E-state index >= 15 is 0 Å². The molecule has 5 nitrogen and oxygen atoms in total. The van der Waals surface area contributed by atoms with Crippen molar-refractivity contribution in [2.24, 2.45) is 11.8 Å². The third-order valence-electron chi connectivity index (χ3n) is 11.0. The van der Waals surface area contributed by atoms with E-state index in [2.05, 4.69) is 70.0 Å². The fraction of sp³-hybridized carbons (Fsp3) is 0.605. The Morgan fingerprint density at radius 2 is 1.96 bits per heavy atom. The van der Waals surface area contributed by atoms with Gasteiger partial charge in [-0.25, -0.2) is 4.79 Å². The van der Waals surface area contributed by atoms with Crippen LogP contribution in [-0.2, 0) is 21.0 Å². The summed E-state index contributed by atoms with van der Waals surface area (Å²) in [6.07, 6.45) is 12.4. The molecule has 1 heterocycles. The number of aryl methyl sites for hydroxylation is 1. The third kappa shape index (κ3) is 7.35. The minimum atomic E-state index is -1.99. The molecule has 4 atom stereocenters. The predicted octanol–water partition coefficient (Wildman–Crippen LogP) is 10.4. The fourth-order valence-corrected chi connectivity index (χ4v) is 8.93. The first-order valence-corrected chi connectivity index (χ1v) is 21.0. The molecule has 8 heteroatoms. The number of rotatable bonds is 10. The molecule has 1 spiro atoms. The predicted molar refractivity (Wildman–Crippen MR) is 194 cm³/mol. The second-order valence-electron chi connectivity index (χ2n) is 15.2. The van der Waals surface area contributed by atoms with Crippen molar-refractivity contribution < 1.29 is 18.7 Å². The first-order valence-electron chi connectivity index (χ1n) is 17.3. The van der Waals surface area contributed by atoms with Gasteiger partial charge in [-0.1, -0.05) is 75.5 Å². The van der Waals surface area contributed by atoms with E-state index in [1.807, 2.05) is 25.1 Å². The highest BCUT2D eigenvalue weighted by molar-refractivity contribution is 6.74. The maximum absolute atomic E-state index is 13.0. The van der Waals surface area contributed by atoms with Crippen LogP contribution >= 0.6 is 23.2 Å². The van der Waals surface area contributed by atoms with Gasteiger partial charge < -0.3 is 18.8 Å². The van der Waals surface area contributed by atoms with E-state index in [1.54, 1.807) is 0 Å². The summed E-state index contributed by atoms with van der Waals surface area (Å²) in [5.41, 5.74) is 3.73. The summed E-state index contributed by atoms with van der Waals surface area (Å²) in [5, 5.41) is 1.27. The lowest BCUT2D eigenvalue weighted by atomic mass is 9.68. The number of halogens is 2. The van der Waals surface area contributed by atoms with Gasteiger partial charge in [0.05, 0.1) is 35.6 Å². The molecule has 2 aromatic rings. The summed E-state index contributed by atoms with van der Waals surface area (Å²) in [6.45, 7) is 18.2. The zero-order valence-electron chi connectivity index (χ0n) is 28.9. The van der Waals surface area contributed by atoms with Gasteiger partial charge in [-0.3, -0.25) is 0 Å². The van der Waals surface area contributed by atoms with Crippen LogP contribution in [0.4, 0.5) is 5.69 Å². The molecule has 0 unspecified atom stereocenters. The maximum Gasteiger partial charge on any atom is 0.339 e. The lowest BCUT2D eigenvalue weighted by molar-refractivity contribution is 0.0524. The number of allylic oxidation sites excluding steroid dienone is 1. The van der Waals surface area contributed by atoms with Crippen molar-refractivity contribution in [1.29, 1.82) is 0 Å². The standard InChI is InChI=1S/C38H53Cl2NO4Si/c1-8-10-11-14-34(45-46(6,7)37(3,4)5)29-17-15-27(29)23-41-24-38(19-12-13-26-20-28(39)16-18-31(26)38)25-44-35-22-32(40)30(21-33(35)41)36(42)43-9-2/h11,14,16,18,20-22,27,29,34H,8-10,12-13,15,17,19,23-25H2,1-7H3/b14-11+/t27-,29+,34-,38-/m0/s1. The minimum absolute atomic E-state index is 0.0979. The van der Waals surface area contributed by atoms with Crippen molar-refractivity contribution in [2.45, 2.75) is 109 Å². The Labute approximate surface area is 288 Å². The number of esters is 1. The number of nitrogens with zero attached hydrogens (tertiary/aromatic N) is 1. The van der Waals surface area contributed by atoms with E-state index in [9.17, 15) is 4.79 Å². The highest BCUT2D eigenvalue weighted by atomic mass is 35.5. The number of carbonyl (C=O) groups is 1. The average Bonchev–Trinajstić information content (AvgIpc) is 3.11. The van der Waals surface area contributed by atoms with Gasteiger partial charge in [0.1, 0.15) is 5.75 Å². The van der Waals surface area contributed by atoms with Gasteiger partial charge in [0.25, 0.3) is 0 Å². The fourth-order valence-electron chi connectivity index (χ4n) is 7.22. The molecule has 1 fully saturated rings. The highest BCUT2D eigenvalue weighted by Crippen LogP contribution is 2.49. The van der Waals surface area contributed by atoms with Gasteiger partial charge in [-0.05, 0) is 105 Å². The molecule has 0 saturated heterocycles. The first-order chi connectivity index (χ1) is 21.8. The largest absolute Gasteiger partial charge is 0.490 e. The van der Waals surface area contributed by atoms with E-state index in [1.165, 1.54) is 11.1 Å². The molecule has 0 bridgehead atoms. The third-order valence-corrected chi connectivity index (χ3v) is 16.0. The van der Waals surface area contributed by atoms with E-state index in [0.29, 0.717) is 35.6 Å². The van der Waals surface area contributed by atoms with Crippen molar-refractivity contribution in [3.63, 3.8) is 0 Å². The summed E-state index contributed by atoms with van der Waals surface area (Å²) in [5.74, 6) is 1.19. The van der Waals surface area contributed by atoms with Crippen molar-refractivity contribution in [3.05, 3.63) is 69.2 Å². The van der Waals surface area contributed by atoms with Crippen LogP contribution < -0.4 is 9.64 Å². The zero-order chi connectivity index (χ0) is 33.3. The van der Waals surface area contributed by atoms with Gasteiger partial charge in [0.15, 0.2) is 8.32 Å². The summed E-state index contributed by atoms with van der Waals surface area (Å²) >= 11 is 13.2. The molecule has 0 aromatic heterocycles. The van der Waals surface area contributed by atoms with Gasteiger partial charge in [-0.15, -0.1) is 0 Å². The summed E-state index contributed by atoms with van der Waals surface area (Å²) in [6, 6.07) is 10.1. The molecule has 2 aromatic carbocycles. The Morgan fingerprint density at radius 3 is 2.63 bits per heavy atom. The minimum Gasteiger partial charge on any atom is -0.490 e. The van der Waals surface area contributed by atoms with Gasteiger partial charge in [0, 0.05) is 29.6 Å². The summed E-state index contributed by atoms with van der Waals surface area (Å²) < 4.78 is 19.2. The molecule has 0 N–H and O–H groups in total. The summed E-state index contributed by atoms with van der Waals surface area (Å²) in [7, 11) is -1.99. The maximum atomic E-state index is 13.0. The molecule has 1 saturated carbocycles. The van der Waals surface area contributed by atoms with E-state index in [0.717, 1.165) is 74.5 Å². The second-order valence-corrected chi connectivity index (χ2v) is 20.8. The normalized spacial score (nSPS) is 23.7. The number of benzene rings is 2. The van der Waals surface area contributed by atoms with Crippen LogP contribution in [0.5, 0.6) is 5.75 Å². The van der Waals surface area contributed by atoms with Crippen molar-refractivity contribution in [3.8, 4) is 5.75 Å². The number of fused-ring (bicyclic) bond motifs is 3. The molecular formula is C38H53Cl2NO4Si. The molecule has 3 aliphatic rings. The average molecular weight is 687 g/mol. The number of unbranched alkanes of at least 4 members (excludes halogenated alkanes) is 1. The zero-order valence-corrected chi connectivity index (χ0v) is 31.4. The number of ether oxygens (including phenoxy) is 2. The Kier molecular flexibility index (Phi) is 10.9. The topological polar surface area (TPSA) is 48.0 Å². The van der Waals surface area contributed by atoms with Gasteiger partial charge in [-0.2, -0.15) is 0 Å². The second kappa shape index (κ2) is 14.2. The lowest BCUT2D eigenvalue weighted by Gasteiger charge is -2.48.